The smallest absolute Gasteiger partial charge is 0.322 e. The molecule has 0 rings (SSSR count). The van der Waals surface area contributed by atoms with E-state index >= 15 is 0 Å². The van der Waals surface area contributed by atoms with Crippen LogP contribution in [0.15, 0.2) is 0 Å². The fourth-order valence-electron chi connectivity index (χ4n) is 2.02. The van der Waals surface area contributed by atoms with Gasteiger partial charge in [0.15, 0.2) is 0 Å². The zero-order valence-corrected chi connectivity index (χ0v) is 13.4. The van der Waals surface area contributed by atoms with Gasteiger partial charge in [0.1, 0.15) is 6.04 Å². The van der Waals surface area contributed by atoms with Crippen molar-refractivity contribution in [3.63, 3.8) is 0 Å². The van der Waals surface area contributed by atoms with Gasteiger partial charge in [0, 0.05) is 13.1 Å². The first-order valence-electron chi connectivity index (χ1n) is 7.62. The summed E-state index contributed by atoms with van der Waals surface area (Å²) in [6.07, 6.45) is 3.04. The number of carbonyl (C=O) groups is 1. The van der Waals surface area contributed by atoms with Crippen LogP contribution >= 0.6 is 0 Å². The summed E-state index contributed by atoms with van der Waals surface area (Å²) in [7, 11) is 1.46. The Labute approximate surface area is 118 Å². The number of nitrogens with one attached hydrogen (secondary N) is 1. The maximum Gasteiger partial charge on any atom is 0.322 e. The molecule has 114 valence electrons. The Morgan fingerprint density at radius 3 is 2.47 bits per heavy atom. The molecule has 4 nitrogen and oxygen atoms in total. The Hall–Kier alpha value is -0.610. The number of rotatable bonds is 11. The Bertz CT molecular complexity index is 234. The summed E-state index contributed by atoms with van der Waals surface area (Å²) in [5, 5.41) is 3.27. The number of esters is 1. The molecule has 0 fully saturated rings. The summed E-state index contributed by atoms with van der Waals surface area (Å²) >= 11 is 0. The van der Waals surface area contributed by atoms with Gasteiger partial charge in [-0.05, 0) is 31.8 Å². The van der Waals surface area contributed by atoms with Crippen LogP contribution in [0.4, 0.5) is 0 Å². The van der Waals surface area contributed by atoms with Crippen LogP contribution in [0.3, 0.4) is 0 Å². The molecule has 0 radical (unpaired) electrons. The third-order valence-electron chi connectivity index (χ3n) is 3.57. The van der Waals surface area contributed by atoms with E-state index in [2.05, 4.69) is 37.9 Å². The molecule has 0 saturated heterocycles. The molecule has 0 heterocycles. The second-order valence-electron chi connectivity index (χ2n) is 5.23. The van der Waals surface area contributed by atoms with Crippen molar-refractivity contribution in [2.75, 3.05) is 33.3 Å². The van der Waals surface area contributed by atoms with Crippen LogP contribution in [0.1, 0.15) is 47.0 Å². The second-order valence-corrected chi connectivity index (χ2v) is 5.23. The minimum absolute atomic E-state index is 0.145. The molecule has 0 saturated carbocycles. The first-order valence-corrected chi connectivity index (χ1v) is 7.62. The molecule has 19 heavy (non-hydrogen) atoms. The molecule has 0 aliphatic rings. The van der Waals surface area contributed by atoms with Crippen LogP contribution in [0.25, 0.3) is 0 Å². The lowest BCUT2D eigenvalue weighted by molar-refractivity contribution is -0.143. The van der Waals surface area contributed by atoms with Gasteiger partial charge in [0.05, 0.1) is 7.11 Å². The van der Waals surface area contributed by atoms with Crippen LogP contribution in [0, 0.1) is 5.92 Å². The summed E-state index contributed by atoms with van der Waals surface area (Å²) in [6.45, 7) is 12.7. The van der Waals surface area contributed by atoms with Gasteiger partial charge in [0.25, 0.3) is 0 Å². The molecule has 0 aliphatic carbocycles. The van der Waals surface area contributed by atoms with E-state index in [9.17, 15) is 4.79 Å². The number of nitrogens with zero attached hydrogens (tertiary/aromatic N) is 1. The van der Waals surface area contributed by atoms with Crippen LogP contribution in [0.2, 0.25) is 0 Å². The second kappa shape index (κ2) is 11.2. The zero-order chi connectivity index (χ0) is 14.7. The fraction of sp³-hybridized carbons (Fsp3) is 0.933. The Kier molecular flexibility index (Phi) is 10.9. The number of hydrogen-bond acceptors (Lipinski definition) is 4. The highest BCUT2D eigenvalue weighted by atomic mass is 16.5. The van der Waals surface area contributed by atoms with Gasteiger partial charge < -0.3 is 15.0 Å². The minimum Gasteiger partial charge on any atom is -0.468 e. The maximum atomic E-state index is 11.7. The predicted molar refractivity (Wildman–Crippen MR) is 80.3 cm³/mol. The normalized spacial score (nSPS) is 14.4. The molecule has 0 aromatic heterocycles. The number of hydrogen-bond donors (Lipinski definition) is 1. The van der Waals surface area contributed by atoms with Gasteiger partial charge in [-0.25, -0.2) is 0 Å². The fourth-order valence-corrected chi connectivity index (χ4v) is 2.02. The molecule has 0 aromatic rings. The van der Waals surface area contributed by atoms with E-state index in [4.69, 9.17) is 4.74 Å². The van der Waals surface area contributed by atoms with E-state index in [1.807, 2.05) is 0 Å². The van der Waals surface area contributed by atoms with E-state index in [0.29, 0.717) is 5.92 Å². The SMILES string of the molecule is CCCNC(CCN(CC)CC(C)CC)C(=O)OC. The van der Waals surface area contributed by atoms with Crippen molar-refractivity contribution in [1.82, 2.24) is 10.2 Å². The largest absolute Gasteiger partial charge is 0.468 e. The van der Waals surface area contributed by atoms with Crippen molar-refractivity contribution < 1.29 is 9.53 Å². The average molecular weight is 272 g/mol. The highest BCUT2D eigenvalue weighted by molar-refractivity contribution is 5.75. The van der Waals surface area contributed by atoms with Crippen molar-refractivity contribution in [2.45, 2.75) is 53.0 Å². The first kappa shape index (κ1) is 18.4. The lowest BCUT2D eigenvalue weighted by Crippen LogP contribution is -2.41. The van der Waals surface area contributed by atoms with E-state index in [-0.39, 0.29) is 12.0 Å². The highest BCUT2D eigenvalue weighted by Gasteiger charge is 2.19. The van der Waals surface area contributed by atoms with Crippen LogP contribution < -0.4 is 5.32 Å². The molecule has 0 aliphatic heterocycles. The van der Waals surface area contributed by atoms with Crippen molar-refractivity contribution in [2.24, 2.45) is 5.92 Å². The molecular formula is C15H32N2O2. The monoisotopic (exact) mass is 272 g/mol. The average Bonchev–Trinajstić information content (AvgIpc) is 2.44. The van der Waals surface area contributed by atoms with Gasteiger partial charge in [-0.2, -0.15) is 0 Å². The van der Waals surface area contributed by atoms with Crippen LogP contribution in [0.5, 0.6) is 0 Å². The third kappa shape index (κ3) is 8.22. The number of carbonyl (C=O) groups excluding carboxylic acids is 1. The van der Waals surface area contributed by atoms with Crippen LogP contribution in [-0.4, -0.2) is 50.2 Å². The summed E-state index contributed by atoms with van der Waals surface area (Å²) in [6, 6.07) is -0.170. The Morgan fingerprint density at radius 1 is 1.32 bits per heavy atom. The maximum absolute atomic E-state index is 11.7. The zero-order valence-electron chi connectivity index (χ0n) is 13.4. The molecule has 0 bridgehead atoms. The molecule has 2 atom stereocenters. The quantitative estimate of drug-likeness (QED) is 0.586. The predicted octanol–water partition coefficient (Wildman–Crippen LogP) is 2.29. The summed E-state index contributed by atoms with van der Waals surface area (Å²) in [4.78, 5) is 14.1. The molecule has 2 unspecified atom stereocenters. The van der Waals surface area contributed by atoms with Crippen molar-refractivity contribution in [3.8, 4) is 0 Å². The topological polar surface area (TPSA) is 41.6 Å². The standard InChI is InChI=1S/C15H32N2O2/c1-6-10-16-14(15(18)19-5)9-11-17(8-3)12-13(4)7-2/h13-14,16H,6-12H2,1-5H3. The summed E-state index contributed by atoms with van der Waals surface area (Å²) in [5.41, 5.74) is 0. The van der Waals surface area contributed by atoms with Gasteiger partial charge in [0.2, 0.25) is 0 Å². The first-order chi connectivity index (χ1) is 9.08. The van der Waals surface area contributed by atoms with E-state index < -0.39 is 0 Å². The van der Waals surface area contributed by atoms with Crippen molar-refractivity contribution in [1.29, 1.82) is 0 Å². The van der Waals surface area contributed by atoms with Crippen molar-refractivity contribution >= 4 is 5.97 Å². The molecule has 4 heteroatoms. The van der Waals surface area contributed by atoms with Gasteiger partial charge in [-0.1, -0.05) is 34.1 Å². The van der Waals surface area contributed by atoms with E-state index in [0.717, 1.165) is 39.0 Å². The van der Waals surface area contributed by atoms with Crippen LogP contribution in [-0.2, 0) is 9.53 Å². The minimum atomic E-state index is -0.170. The molecule has 0 aromatic carbocycles. The summed E-state index contributed by atoms with van der Waals surface area (Å²) in [5.74, 6) is 0.563. The number of methoxy groups -OCH3 is 1. The Morgan fingerprint density at radius 2 is 2.00 bits per heavy atom. The van der Waals surface area contributed by atoms with Gasteiger partial charge in [-0.15, -0.1) is 0 Å². The van der Waals surface area contributed by atoms with Gasteiger partial charge >= 0.3 is 5.97 Å². The van der Waals surface area contributed by atoms with Crippen molar-refractivity contribution in [3.05, 3.63) is 0 Å². The summed E-state index contributed by atoms with van der Waals surface area (Å²) < 4.78 is 4.86. The molecule has 1 N–H and O–H groups in total. The highest BCUT2D eigenvalue weighted by Crippen LogP contribution is 2.06. The molecular weight excluding hydrogens is 240 g/mol. The number of ether oxygens (including phenoxy) is 1. The van der Waals surface area contributed by atoms with E-state index in [1.165, 1.54) is 13.5 Å². The molecule has 0 spiro atoms. The third-order valence-corrected chi connectivity index (χ3v) is 3.57. The van der Waals surface area contributed by atoms with E-state index in [1.54, 1.807) is 0 Å². The lowest BCUT2D eigenvalue weighted by Gasteiger charge is -2.25. The molecule has 0 amide bonds. The lowest BCUT2D eigenvalue weighted by atomic mass is 10.1. The Balaban J connectivity index is 4.21. The van der Waals surface area contributed by atoms with Gasteiger partial charge in [-0.3, -0.25) is 4.79 Å².